The van der Waals surface area contributed by atoms with Gasteiger partial charge in [-0.15, -0.1) is 15.6 Å². The molecule has 0 N–H and O–H groups in total. The number of aryl methyl sites for hydroxylation is 1. The number of thiophene rings is 1. The van der Waals surface area contributed by atoms with Gasteiger partial charge in [0.1, 0.15) is 11.5 Å². The van der Waals surface area contributed by atoms with E-state index in [9.17, 15) is 13.2 Å². The molecule has 36 heavy (non-hydrogen) atoms. The van der Waals surface area contributed by atoms with Crippen LogP contribution >= 0.6 is 22.9 Å². The van der Waals surface area contributed by atoms with Crippen molar-refractivity contribution in [2.75, 3.05) is 41.4 Å². The third-order valence-electron chi connectivity index (χ3n) is 6.28. The average molecular weight is 544 g/mol. The molecule has 0 radical (unpaired) electrons. The minimum atomic E-state index is -3.84. The normalized spacial score (nSPS) is 16.0. The Bertz CT molecular complexity index is 1610. The van der Waals surface area contributed by atoms with E-state index in [1.807, 2.05) is 37.4 Å². The predicted molar refractivity (Wildman–Crippen MR) is 142 cm³/mol. The highest BCUT2D eigenvalue weighted by Gasteiger charge is 2.35. The first-order valence-electron chi connectivity index (χ1n) is 11.3. The maximum atomic E-state index is 13.7. The molecule has 1 amide bonds. The number of aromatic nitrogens is 2. The molecule has 0 unspecified atom stereocenters. The summed E-state index contributed by atoms with van der Waals surface area (Å²) in [6.07, 6.45) is 2.02. The first-order chi connectivity index (χ1) is 17.2. The average Bonchev–Trinajstić information content (AvgIpc) is 3.44. The number of carbonyl (C=O) groups excluding carboxylic acids is 1. The molecule has 0 bridgehead atoms. The third kappa shape index (κ3) is 4.01. The lowest BCUT2D eigenvalue weighted by molar-refractivity contribution is 0.0973. The smallest absolute Gasteiger partial charge is 0.285 e. The lowest BCUT2D eigenvalue weighted by Gasteiger charge is -2.34. The highest BCUT2D eigenvalue weighted by atomic mass is 35.5. The van der Waals surface area contributed by atoms with Crippen LogP contribution < -0.4 is 14.9 Å². The fraction of sp³-hybridized carbons (Fsp3) is 0.250. The summed E-state index contributed by atoms with van der Waals surface area (Å²) in [5.74, 6) is 0.664. The van der Waals surface area contributed by atoms with E-state index in [4.69, 9.17) is 20.9 Å². The number of anilines is 3. The van der Waals surface area contributed by atoms with Crippen LogP contribution in [0, 0.1) is 0 Å². The second-order valence-corrected chi connectivity index (χ2v) is 11.9. The van der Waals surface area contributed by atoms with Gasteiger partial charge >= 0.3 is 0 Å². The molecule has 2 aliphatic heterocycles. The van der Waals surface area contributed by atoms with Gasteiger partial charge in [-0.2, -0.15) is 8.42 Å². The van der Waals surface area contributed by atoms with E-state index in [1.54, 1.807) is 18.2 Å². The Morgan fingerprint density at radius 3 is 2.61 bits per heavy atom. The van der Waals surface area contributed by atoms with Crippen molar-refractivity contribution in [2.45, 2.75) is 13.0 Å². The summed E-state index contributed by atoms with van der Waals surface area (Å²) in [6.45, 7) is 1.74. The van der Waals surface area contributed by atoms with Crippen LogP contribution in [0.5, 0.6) is 0 Å². The first kappa shape index (κ1) is 23.3. The van der Waals surface area contributed by atoms with Gasteiger partial charge in [0.05, 0.1) is 23.0 Å². The van der Waals surface area contributed by atoms with Crippen LogP contribution in [0.4, 0.5) is 17.3 Å². The van der Waals surface area contributed by atoms with Gasteiger partial charge in [0.25, 0.3) is 16.0 Å². The van der Waals surface area contributed by atoms with E-state index in [-0.39, 0.29) is 12.6 Å². The SMILES string of the molecule is CN1CCCn2c1nc1cc(N3CN(OS(C)(=O)=O)c4cc(-c5ccc(Cl)cc5)sc4C3=O)ccc12. The summed E-state index contributed by atoms with van der Waals surface area (Å²) in [4.78, 5) is 23.3. The van der Waals surface area contributed by atoms with E-state index >= 15 is 0 Å². The van der Waals surface area contributed by atoms with Crippen LogP contribution in [-0.4, -0.2) is 50.4 Å². The molecule has 2 aliphatic rings. The number of carbonyl (C=O) groups is 1. The van der Waals surface area contributed by atoms with Crippen molar-refractivity contribution in [1.29, 1.82) is 0 Å². The summed E-state index contributed by atoms with van der Waals surface area (Å²) >= 11 is 7.31. The van der Waals surface area contributed by atoms with Gasteiger partial charge in [-0.3, -0.25) is 9.69 Å². The molecule has 2 aromatic heterocycles. The molecule has 6 rings (SSSR count). The maximum absolute atomic E-state index is 13.7. The van der Waals surface area contributed by atoms with Crippen LogP contribution in [0.3, 0.4) is 0 Å². The zero-order valence-corrected chi connectivity index (χ0v) is 21.9. The van der Waals surface area contributed by atoms with Crippen LogP contribution in [0.25, 0.3) is 21.5 Å². The van der Waals surface area contributed by atoms with Crippen molar-refractivity contribution < 1.29 is 17.5 Å². The monoisotopic (exact) mass is 543 g/mol. The number of rotatable bonds is 4. The largest absolute Gasteiger partial charge is 0.345 e. The van der Waals surface area contributed by atoms with Crippen molar-refractivity contribution in [3.63, 3.8) is 0 Å². The number of hydrogen-bond donors (Lipinski definition) is 0. The number of hydroxylamine groups is 1. The topological polar surface area (TPSA) is 88.0 Å². The number of halogens is 1. The highest BCUT2D eigenvalue weighted by Crippen LogP contribution is 2.42. The molecule has 0 atom stereocenters. The molecule has 4 heterocycles. The molecule has 9 nitrogen and oxygen atoms in total. The lowest BCUT2D eigenvalue weighted by Crippen LogP contribution is -2.46. The molecule has 0 spiro atoms. The molecule has 186 valence electrons. The minimum Gasteiger partial charge on any atom is -0.345 e. The Kier molecular flexibility index (Phi) is 5.48. The van der Waals surface area contributed by atoms with Crippen molar-refractivity contribution in [3.8, 4) is 10.4 Å². The number of imidazole rings is 1. The molecular weight excluding hydrogens is 522 g/mol. The summed E-state index contributed by atoms with van der Waals surface area (Å²) in [5, 5.41) is 1.85. The summed E-state index contributed by atoms with van der Waals surface area (Å²) in [7, 11) is -1.82. The van der Waals surface area contributed by atoms with Crippen molar-refractivity contribution in [2.24, 2.45) is 0 Å². The Morgan fingerprint density at radius 2 is 1.86 bits per heavy atom. The quantitative estimate of drug-likeness (QED) is 0.372. The molecule has 0 aliphatic carbocycles. The van der Waals surface area contributed by atoms with Crippen LogP contribution in [0.2, 0.25) is 5.02 Å². The van der Waals surface area contributed by atoms with Gasteiger partial charge in [-0.25, -0.2) is 10.0 Å². The fourth-order valence-corrected chi connectivity index (χ4v) is 6.33. The van der Waals surface area contributed by atoms with Crippen molar-refractivity contribution in [1.82, 2.24) is 9.55 Å². The third-order valence-corrected chi connectivity index (χ3v) is 8.15. The lowest BCUT2D eigenvalue weighted by atomic mass is 10.1. The van der Waals surface area contributed by atoms with E-state index in [1.165, 1.54) is 21.3 Å². The number of nitrogens with zero attached hydrogens (tertiary/aromatic N) is 5. The second-order valence-electron chi connectivity index (χ2n) is 8.88. The van der Waals surface area contributed by atoms with E-state index in [0.717, 1.165) is 53.2 Å². The van der Waals surface area contributed by atoms with Gasteiger partial charge < -0.3 is 9.47 Å². The number of benzene rings is 2. The molecular formula is C24H22ClN5O4S2. The van der Waals surface area contributed by atoms with Gasteiger partial charge in [0, 0.05) is 35.7 Å². The summed E-state index contributed by atoms with van der Waals surface area (Å²) in [6, 6.07) is 14.7. The standard InChI is InChI=1S/C24H22ClN5O4S2/c1-27-10-3-11-28-19-9-8-17(12-18(19)26-24(27)28)29-14-30(34-36(2,32)33)20-13-21(35-22(20)23(29)31)15-4-6-16(25)7-5-15/h4-9,12-13H,3,10-11,14H2,1-2H3. The van der Waals surface area contributed by atoms with Crippen LogP contribution in [0.15, 0.2) is 48.5 Å². The van der Waals surface area contributed by atoms with Crippen molar-refractivity contribution in [3.05, 3.63) is 58.4 Å². The Hall–Kier alpha value is -3.12. The molecule has 0 fully saturated rings. The number of hydrogen-bond acceptors (Lipinski definition) is 8. The Balaban J connectivity index is 1.42. The molecule has 4 aromatic rings. The number of amides is 1. The van der Waals surface area contributed by atoms with E-state index in [2.05, 4.69) is 9.47 Å². The van der Waals surface area contributed by atoms with E-state index in [0.29, 0.717) is 21.3 Å². The fourth-order valence-electron chi connectivity index (χ4n) is 4.64. The molecule has 0 saturated carbocycles. The first-order valence-corrected chi connectivity index (χ1v) is 14.3. The van der Waals surface area contributed by atoms with Gasteiger partial charge in [0.2, 0.25) is 5.95 Å². The summed E-state index contributed by atoms with van der Waals surface area (Å²) < 4.78 is 31.6. The van der Waals surface area contributed by atoms with E-state index < -0.39 is 10.1 Å². The molecule has 2 aromatic carbocycles. The Labute approximate surface area is 217 Å². The zero-order valence-electron chi connectivity index (χ0n) is 19.5. The number of fused-ring (bicyclic) bond motifs is 4. The van der Waals surface area contributed by atoms with Gasteiger partial charge in [-0.1, -0.05) is 23.7 Å². The minimum absolute atomic E-state index is 0.0886. The van der Waals surface area contributed by atoms with Crippen LogP contribution in [0.1, 0.15) is 16.1 Å². The summed E-state index contributed by atoms with van der Waals surface area (Å²) in [5.41, 5.74) is 3.66. The van der Waals surface area contributed by atoms with Crippen LogP contribution in [-0.2, 0) is 20.9 Å². The van der Waals surface area contributed by atoms with Crippen molar-refractivity contribution >= 4 is 67.3 Å². The zero-order chi connectivity index (χ0) is 25.2. The predicted octanol–water partition coefficient (Wildman–Crippen LogP) is 4.57. The molecule has 12 heteroatoms. The Morgan fingerprint density at radius 1 is 1.08 bits per heavy atom. The maximum Gasteiger partial charge on any atom is 0.285 e. The van der Waals surface area contributed by atoms with Gasteiger partial charge in [0.15, 0.2) is 0 Å². The second kappa shape index (κ2) is 8.48. The molecule has 0 saturated heterocycles. The highest BCUT2D eigenvalue weighted by molar-refractivity contribution is 7.86. The van der Waals surface area contributed by atoms with Gasteiger partial charge in [-0.05, 0) is 48.4 Å².